The minimum atomic E-state index is -0.339. The summed E-state index contributed by atoms with van der Waals surface area (Å²) >= 11 is 0. The molecule has 0 bridgehead atoms. The van der Waals surface area contributed by atoms with Crippen LogP contribution in [0.25, 0.3) is 22.0 Å². The van der Waals surface area contributed by atoms with E-state index in [9.17, 15) is 9.18 Å². The summed E-state index contributed by atoms with van der Waals surface area (Å²) in [6.45, 7) is 0.564. The number of aromatic nitrogens is 4. The van der Waals surface area contributed by atoms with Crippen molar-refractivity contribution in [1.29, 1.82) is 0 Å². The zero-order valence-corrected chi connectivity index (χ0v) is 15.1. The average Bonchev–Trinajstić information content (AvgIpc) is 3.22. The average molecular weight is 373 g/mol. The molecule has 1 aliphatic rings. The van der Waals surface area contributed by atoms with E-state index in [-0.39, 0.29) is 18.3 Å². The monoisotopic (exact) mass is 373 g/mol. The van der Waals surface area contributed by atoms with Crippen molar-refractivity contribution in [3.05, 3.63) is 77.8 Å². The lowest BCUT2D eigenvalue weighted by atomic mass is 10.0. The molecule has 138 valence electrons. The second kappa shape index (κ2) is 6.23. The molecule has 3 heterocycles. The molecule has 4 aromatic rings. The number of rotatable bonds is 3. The Bertz CT molecular complexity index is 1230. The molecule has 6 nitrogen and oxygen atoms in total. The largest absolute Gasteiger partial charge is 0.328 e. The molecule has 1 amide bonds. The molecule has 0 unspecified atom stereocenters. The summed E-state index contributed by atoms with van der Waals surface area (Å²) in [5, 5.41) is 5.44. The van der Waals surface area contributed by atoms with Gasteiger partial charge in [-0.3, -0.25) is 9.48 Å². The van der Waals surface area contributed by atoms with E-state index in [1.165, 1.54) is 18.6 Å². The first kappa shape index (κ1) is 16.6. The maximum atomic E-state index is 14.8. The van der Waals surface area contributed by atoms with Crippen LogP contribution >= 0.6 is 0 Å². The Kier molecular flexibility index (Phi) is 3.68. The van der Waals surface area contributed by atoms with E-state index in [1.807, 2.05) is 37.5 Å². The van der Waals surface area contributed by atoms with Crippen molar-refractivity contribution in [2.75, 3.05) is 0 Å². The number of carbonyl (C=O) groups excluding carboxylic acids is 1. The molecule has 2 aromatic carbocycles. The van der Waals surface area contributed by atoms with E-state index in [1.54, 1.807) is 15.6 Å². The first-order valence-corrected chi connectivity index (χ1v) is 8.89. The van der Waals surface area contributed by atoms with Gasteiger partial charge in [0.2, 0.25) is 0 Å². The number of benzene rings is 2. The fourth-order valence-electron chi connectivity index (χ4n) is 3.59. The predicted octanol–water partition coefficient (Wildman–Crippen LogP) is 3.33. The maximum absolute atomic E-state index is 14.8. The van der Waals surface area contributed by atoms with Gasteiger partial charge in [-0.15, -0.1) is 0 Å². The number of aryl methyl sites for hydroxylation is 1. The first-order chi connectivity index (χ1) is 13.6. The van der Waals surface area contributed by atoms with Gasteiger partial charge >= 0.3 is 0 Å². The van der Waals surface area contributed by atoms with E-state index < -0.39 is 0 Å². The molecule has 0 atom stereocenters. The predicted molar refractivity (Wildman–Crippen MR) is 102 cm³/mol. The highest BCUT2D eigenvalue weighted by atomic mass is 19.1. The highest BCUT2D eigenvalue weighted by Crippen LogP contribution is 2.27. The Morgan fingerprint density at radius 3 is 2.79 bits per heavy atom. The van der Waals surface area contributed by atoms with Gasteiger partial charge in [-0.25, -0.2) is 14.4 Å². The lowest BCUT2D eigenvalue weighted by Gasteiger charge is -2.16. The van der Waals surface area contributed by atoms with Gasteiger partial charge in [-0.1, -0.05) is 24.3 Å². The summed E-state index contributed by atoms with van der Waals surface area (Å²) in [4.78, 5) is 22.0. The summed E-state index contributed by atoms with van der Waals surface area (Å²) in [5.74, 6) is -0.506. The Balaban J connectivity index is 1.41. The number of amides is 1. The Morgan fingerprint density at radius 2 is 1.96 bits per heavy atom. The SMILES string of the molecule is Cn1cc2ccc(-c3ccc(CN4Cc5ncncc5C4=O)c(F)c3)cc2n1. The van der Waals surface area contributed by atoms with E-state index >= 15 is 0 Å². The molecule has 0 saturated carbocycles. The molecular weight excluding hydrogens is 357 g/mol. The van der Waals surface area contributed by atoms with Crippen molar-refractivity contribution in [1.82, 2.24) is 24.6 Å². The van der Waals surface area contributed by atoms with Crippen molar-refractivity contribution in [2.45, 2.75) is 13.1 Å². The number of halogens is 1. The third-order valence-corrected chi connectivity index (χ3v) is 5.02. The quantitative estimate of drug-likeness (QED) is 0.553. The zero-order chi connectivity index (χ0) is 19.3. The molecule has 2 aromatic heterocycles. The van der Waals surface area contributed by atoms with Gasteiger partial charge in [0.15, 0.2) is 0 Å². The van der Waals surface area contributed by atoms with Crippen molar-refractivity contribution in [3.8, 4) is 11.1 Å². The van der Waals surface area contributed by atoms with Crippen LogP contribution in [0.5, 0.6) is 0 Å². The number of fused-ring (bicyclic) bond motifs is 2. The third kappa shape index (κ3) is 2.72. The van der Waals surface area contributed by atoms with Crippen LogP contribution in [-0.4, -0.2) is 30.6 Å². The van der Waals surface area contributed by atoms with E-state index in [0.717, 1.165) is 22.0 Å². The van der Waals surface area contributed by atoms with Crippen LogP contribution in [-0.2, 0) is 20.1 Å². The fourth-order valence-corrected chi connectivity index (χ4v) is 3.59. The summed E-state index contributed by atoms with van der Waals surface area (Å²) in [6, 6.07) is 11.0. The smallest absolute Gasteiger partial charge is 0.258 e. The van der Waals surface area contributed by atoms with Crippen LogP contribution in [0.3, 0.4) is 0 Å². The van der Waals surface area contributed by atoms with Crippen molar-refractivity contribution in [3.63, 3.8) is 0 Å². The standard InChI is InChI=1S/C21H16FN5O/c1-26-9-16-5-3-14(7-19(16)25-26)13-2-4-15(18(22)6-13)10-27-11-20-17(21(27)28)8-23-12-24-20/h2-9,12H,10-11H2,1H3. The minimum absolute atomic E-state index is 0.167. The Morgan fingerprint density at radius 1 is 1.14 bits per heavy atom. The Labute approximate surface area is 160 Å². The second-order valence-corrected chi connectivity index (χ2v) is 6.93. The molecule has 0 radical (unpaired) electrons. The molecular formula is C21H16FN5O. The molecule has 7 heteroatoms. The summed E-state index contributed by atoms with van der Waals surface area (Å²) in [6.07, 6.45) is 4.87. The molecule has 1 aliphatic heterocycles. The highest BCUT2D eigenvalue weighted by molar-refractivity contribution is 5.97. The minimum Gasteiger partial charge on any atom is -0.328 e. The fraction of sp³-hybridized carbons (Fsp3) is 0.143. The molecule has 0 aliphatic carbocycles. The van der Waals surface area contributed by atoms with Gasteiger partial charge in [-0.2, -0.15) is 5.10 Å². The molecule has 0 spiro atoms. The van der Waals surface area contributed by atoms with Gasteiger partial charge in [0.1, 0.15) is 12.1 Å². The summed E-state index contributed by atoms with van der Waals surface area (Å²) in [7, 11) is 1.87. The van der Waals surface area contributed by atoms with Crippen molar-refractivity contribution in [2.24, 2.45) is 7.05 Å². The van der Waals surface area contributed by atoms with Crippen LogP contribution in [0.2, 0.25) is 0 Å². The van der Waals surface area contributed by atoms with Crippen LogP contribution < -0.4 is 0 Å². The normalized spacial score (nSPS) is 13.4. The molecule has 28 heavy (non-hydrogen) atoms. The topological polar surface area (TPSA) is 63.9 Å². The van der Waals surface area contributed by atoms with Crippen molar-refractivity contribution >= 4 is 16.8 Å². The first-order valence-electron chi connectivity index (χ1n) is 8.89. The number of hydrogen-bond acceptors (Lipinski definition) is 4. The van der Waals surface area contributed by atoms with Gasteiger partial charge in [0.05, 0.1) is 23.3 Å². The van der Waals surface area contributed by atoms with Crippen LogP contribution in [0.15, 0.2) is 55.1 Å². The summed E-state index contributed by atoms with van der Waals surface area (Å²) in [5.41, 5.74) is 4.18. The third-order valence-electron chi connectivity index (χ3n) is 5.02. The van der Waals surface area contributed by atoms with Crippen LogP contribution in [0.4, 0.5) is 4.39 Å². The number of carbonyl (C=O) groups is 1. The molecule has 0 fully saturated rings. The maximum Gasteiger partial charge on any atom is 0.258 e. The molecule has 5 rings (SSSR count). The number of hydrogen-bond donors (Lipinski definition) is 0. The molecule has 0 N–H and O–H groups in total. The molecule has 0 saturated heterocycles. The second-order valence-electron chi connectivity index (χ2n) is 6.93. The van der Waals surface area contributed by atoms with E-state index in [0.29, 0.717) is 23.4 Å². The Hall–Kier alpha value is -3.61. The zero-order valence-electron chi connectivity index (χ0n) is 15.1. The van der Waals surface area contributed by atoms with Gasteiger partial charge in [0.25, 0.3) is 5.91 Å². The van der Waals surface area contributed by atoms with Crippen LogP contribution in [0, 0.1) is 5.82 Å². The van der Waals surface area contributed by atoms with Gasteiger partial charge < -0.3 is 4.90 Å². The highest BCUT2D eigenvalue weighted by Gasteiger charge is 2.29. The summed E-state index contributed by atoms with van der Waals surface area (Å²) < 4.78 is 16.5. The number of nitrogens with zero attached hydrogens (tertiary/aromatic N) is 5. The lowest BCUT2D eigenvalue weighted by Crippen LogP contribution is -2.23. The van der Waals surface area contributed by atoms with E-state index in [2.05, 4.69) is 15.1 Å². The van der Waals surface area contributed by atoms with Gasteiger partial charge in [0, 0.05) is 36.9 Å². The van der Waals surface area contributed by atoms with Gasteiger partial charge in [-0.05, 0) is 23.3 Å². The lowest BCUT2D eigenvalue weighted by molar-refractivity contribution is 0.0764. The van der Waals surface area contributed by atoms with Crippen molar-refractivity contribution < 1.29 is 9.18 Å². The van der Waals surface area contributed by atoms with Crippen LogP contribution in [0.1, 0.15) is 21.6 Å². The van der Waals surface area contributed by atoms with E-state index in [4.69, 9.17) is 0 Å².